The zero-order chi connectivity index (χ0) is 19.9. The van der Waals surface area contributed by atoms with Crippen LogP contribution in [-0.2, 0) is 4.79 Å². The molecule has 0 radical (unpaired) electrons. The molecule has 5 heteroatoms. The zero-order valence-corrected chi connectivity index (χ0v) is 16.7. The highest BCUT2D eigenvalue weighted by molar-refractivity contribution is 5.92. The second-order valence-electron chi connectivity index (χ2n) is 6.64. The maximum absolute atomic E-state index is 12.8. The second kappa shape index (κ2) is 9.31. The van der Waals surface area contributed by atoms with Crippen molar-refractivity contribution in [1.82, 2.24) is 4.90 Å². The van der Waals surface area contributed by atoms with Crippen molar-refractivity contribution in [3.63, 3.8) is 0 Å². The first-order valence-corrected chi connectivity index (χ1v) is 9.59. The van der Waals surface area contributed by atoms with Crippen molar-refractivity contribution in [2.75, 3.05) is 27.4 Å². The van der Waals surface area contributed by atoms with E-state index in [0.29, 0.717) is 18.1 Å². The number of hydrogen-bond acceptors (Lipinski definition) is 4. The Morgan fingerprint density at radius 3 is 2.54 bits per heavy atom. The normalized spacial score (nSPS) is 16.4. The Labute approximate surface area is 166 Å². The number of carbonyl (C=O) groups excluding carboxylic acids is 1. The zero-order valence-electron chi connectivity index (χ0n) is 16.7. The molecule has 0 saturated carbocycles. The molecule has 148 valence electrons. The maximum Gasteiger partial charge on any atom is 0.247 e. The first-order valence-electron chi connectivity index (χ1n) is 9.59. The molecule has 1 atom stereocenters. The van der Waals surface area contributed by atoms with Gasteiger partial charge in [-0.15, -0.1) is 0 Å². The second-order valence-corrected chi connectivity index (χ2v) is 6.64. The molecule has 1 aliphatic heterocycles. The summed E-state index contributed by atoms with van der Waals surface area (Å²) in [6.45, 7) is 3.39. The summed E-state index contributed by atoms with van der Waals surface area (Å²) >= 11 is 0. The van der Waals surface area contributed by atoms with Crippen molar-refractivity contribution < 1.29 is 19.0 Å². The van der Waals surface area contributed by atoms with Crippen molar-refractivity contribution in [2.24, 2.45) is 0 Å². The smallest absolute Gasteiger partial charge is 0.247 e. The van der Waals surface area contributed by atoms with E-state index in [9.17, 15) is 4.79 Å². The van der Waals surface area contributed by atoms with E-state index in [1.165, 1.54) is 0 Å². The highest BCUT2D eigenvalue weighted by Crippen LogP contribution is 2.33. The number of rotatable bonds is 7. The highest BCUT2D eigenvalue weighted by Gasteiger charge is 2.28. The lowest BCUT2D eigenvalue weighted by atomic mass is 10.0. The van der Waals surface area contributed by atoms with E-state index in [-0.39, 0.29) is 11.9 Å². The first-order chi connectivity index (χ1) is 13.7. The molecule has 0 bridgehead atoms. The third-order valence-corrected chi connectivity index (χ3v) is 4.94. The molecule has 0 N–H and O–H groups in total. The molecule has 1 amide bonds. The Bertz CT molecular complexity index is 829. The van der Waals surface area contributed by atoms with Gasteiger partial charge in [0.1, 0.15) is 5.75 Å². The molecular formula is C23H27NO4. The molecule has 0 unspecified atom stereocenters. The fourth-order valence-corrected chi connectivity index (χ4v) is 3.55. The molecule has 0 spiro atoms. The van der Waals surface area contributed by atoms with Gasteiger partial charge >= 0.3 is 0 Å². The lowest BCUT2D eigenvalue weighted by Crippen LogP contribution is -2.28. The summed E-state index contributed by atoms with van der Waals surface area (Å²) in [5.74, 6) is 2.19. The summed E-state index contributed by atoms with van der Waals surface area (Å²) in [6.07, 6.45) is 5.43. The molecule has 3 rings (SSSR count). The van der Waals surface area contributed by atoms with Crippen molar-refractivity contribution in [3.05, 3.63) is 59.7 Å². The van der Waals surface area contributed by atoms with E-state index < -0.39 is 0 Å². The maximum atomic E-state index is 12.8. The van der Waals surface area contributed by atoms with E-state index in [0.717, 1.165) is 36.3 Å². The summed E-state index contributed by atoms with van der Waals surface area (Å²) in [5.41, 5.74) is 2.04. The Kier molecular flexibility index (Phi) is 6.58. The summed E-state index contributed by atoms with van der Waals surface area (Å²) in [5, 5.41) is 0. The van der Waals surface area contributed by atoms with Crippen LogP contribution in [0.25, 0.3) is 6.08 Å². The Balaban J connectivity index is 1.71. The van der Waals surface area contributed by atoms with Crippen LogP contribution in [0.15, 0.2) is 48.5 Å². The Morgan fingerprint density at radius 2 is 1.86 bits per heavy atom. The fourth-order valence-electron chi connectivity index (χ4n) is 3.55. The molecule has 2 aromatic rings. The van der Waals surface area contributed by atoms with Gasteiger partial charge in [0.25, 0.3) is 0 Å². The topological polar surface area (TPSA) is 48.0 Å². The van der Waals surface area contributed by atoms with Crippen LogP contribution in [-0.4, -0.2) is 38.2 Å². The van der Waals surface area contributed by atoms with E-state index in [1.807, 2.05) is 48.2 Å². The van der Waals surface area contributed by atoms with Crippen LogP contribution in [0.1, 0.15) is 36.9 Å². The van der Waals surface area contributed by atoms with Crippen LogP contribution in [0.2, 0.25) is 0 Å². The molecule has 5 nitrogen and oxygen atoms in total. The minimum atomic E-state index is 0.0196. The number of methoxy groups -OCH3 is 2. The van der Waals surface area contributed by atoms with Crippen LogP contribution >= 0.6 is 0 Å². The van der Waals surface area contributed by atoms with E-state index >= 15 is 0 Å². The van der Waals surface area contributed by atoms with E-state index in [4.69, 9.17) is 14.2 Å². The van der Waals surface area contributed by atoms with Crippen molar-refractivity contribution >= 4 is 12.0 Å². The molecule has 1 aliphatic rings. The lowest BCUT2D eigenvalue weighted by Gasteiger charge is -2.24. The van der Waals surface area contributed by atoms with Gasteiger partial charge in [-0.2, -0.15) is 0 Å². The van der Waals surface area contributed by atoms with Crippen molar-refractivity contribution in [2.45, 2.75) is 25.8 Å². The van der Waals surface area contributed by atoms with Gasteiger partial charge in [0, 0.05) is 12.6 Å². The minimum Gasteiger partial charge on any atom is -0.494 e. The highest BCUT2D eigenvalue weighted by atomic mass is 16.5. The molecular weight excluding hydrogens is 354 g/mol. The fraction of sp³-hybridized carbons (Fsp3) is 0.348. The summed E-state index contributed by atoms with van der Waals surface area (Å²) in [7, 11) is 3.20. The number of amides is 1. The summed E-state index contributed by atoms with van der Waals surface area (Å²) in [6, 6.07) is 13.8. The van der Waals surface area contributed by atoms with Gasteiger partial charge < -0.3 is 19.1 Å². The van der Waals surface area contributed by atoms with Crippen LogP contribution in [0.3, 0.4) is 0 Å². The Morgan fingerprint density at radius 1 is 1.11 bits per heavy atom. The van der Waals surface area contributed by atoms with E-state index in [2.05, 4.69) is 12.1 Å². The summed E-state index contributed by atoms with van der Waals surface area (Å²) in [4.78, 5) is 14.7. The van der Waals surface area contributed by atoms with Crippen molar-refractivity contribution in [3.8, 4) is 17.2 Å². The van der Waals surface area contributed by atoms with Crippen LogP contribution in [0, 0.1) is 0 Å². The van der Waals surface area contributed by atoms with E-state index in [1.54, 1.807) is 20.3 Å². The average molecular weight is 381 g/mol. The molecule has 2 aromatic carbocycles. The van der Waals surface area contributed by atoms with Gasteiger partial charge in [0.2, 0.25) is 5.91 Å². The van der Waals surface area contributed by atoms with Crippen molar-refractivity contribution in [1.29, 1.82) is 0 Å². The van der Waals surface area contributed by atoms with Gasteiger partial charge in [-0.3, -0.25) is 4.79 Å². The predicted octanol–water partition coefficient (Wildman–Crippen LogP) is 4.48. The summed E-state index contributed by atoms with van der Waals surface area (Å²) < 4.78 is 16.1. The first kappa shape index (κ1) is 19.8. The van der Waals surface area contributed by atoms with Gasteiger partial charge in [-0.1, -0.05) is 18.2 Å². The molecule has 1 saturated heterocycles. The Hall–Kier alpha value is -2.95. The van der Waals surface area contributed by atoms with Crippen LogP contribution in [0.5, 0.6) is 17.2 Å². The third kappa shape index (κ3) is 4.47. The SMILES string of the molecule is CCOc1ccc([C@@H]2CCCN2C(=O)/C=C/c2ccc(OC)c(OC)c2)cc1. The molecule has 1 heterocycles. The minimum absolute atomic E-state index is 0.0196. The number of carbonyl (C=O) groups is 1. The predicted molar refractivity (Wildman–Crippen MR) is 110 cm³/mol. The number of ether oxygens (including phenoxy) is 3. The largest absolute Gasteiger partial charge is 0.494 e. The molecule has 0 aromatic heterocycles. The number of hydrogen-bond donors (Lipinski definition) is 0. The monoisotopic (exact) mass is 381 g/mol. The van der Waals surface area contributed by atoms with Crippen LogP contribution < -0.4 is 14.2 Å². The standard InChI is InChI=1S/C23H27NO4/c1-4-28-19-11-9-18(10-12-19)20-6-5-15-24(20)23(25)14-8-17-7-13-21(26-2)22(16-17)27-3/h7-14,16,20H,4-6,15H2,1-3H3/b14-8+/t20-/m0/s1. The molecule has 1 fully saturated rings. The molecule has 0 aliphatic carbocycles. The number of nitrogens with zero attached hydrogens (tertiary/aromatic N) is 1. The van der Waals surface area contributed by atoms with Crippen LogP contribution in [0.4, 0.5) is 0 Å². The molecule has 28 heavy (non-hydrogen) atoms. The quantitative estimate of drug-likeness (QED) is 0.664. The van der Waals surface area contributed by atoms with Gasteiger partial charge in [0.05, 0.1) is 26.9 Å². The van der Waals surface area contributed by atoms with Gasteiger partial charge in [-0.05, 0) is 61.2 Å². The third-order valence-electron chi connectivity index (χ3n) is 4.94. The van der Waals surface area contributed by atoms with Gasteiger partial charge in [0.15, 0.2) is 11.5 Å². The number of likely N-dealkylation sites (tertiary alicyclic amines) is 1. The number of benzene rings is 2. The van der Waals surface area contributed by atoms with Gasteiger partial charge in [-0.25, -0.2) is 0 Å². The lowest BCUT2D eigenvalue weighted by molar-refractivity contribution is -0.126. The average Bonchev–Trinajstić information content (AvgIpc) is 3.22.